The number of amides is 1. The first-order valence-electron chi connectivity index (χ1n) is 6.59. The van der Waals surface area contributed by atoms with Crippen LogP contribution in [0.2, 0.25) is 0 Å². The normalized spacial score (nSPS) is 11.4. The van der Waals surface area contributed by atoms with Crippen LogP contribution < -0.4 is 11.1 Å². The lowest BCUT2D eigenvalue weighted by Crippen LogP contribution is -2.27. The molecule has 0 spiro atoms. The molecule has 0 atom stereocenters. The largest absolute Gasteiger partial charge is 0.385 e. The van der Waals surface area contributed by atoms with Gasteiger partial charge in [-0.15, -0.1) is 0 Å². The lowest BCUT2D eigenvalue weighted by atomic mass is 9.85. The number of benzene rings is 1. The summed E-state index contributed by atoms with van der Waals surface area (Å²) in [5.41, 5.74) is 7.69. The number of hydrogen-bond acceptors (Lipinski definition) is 3. The monoisotopic (exact) mass is 264 g/mol. The molecule has 1 aromatic carbocycles. The van der Waals surface area contributed by atoms with Gasteiger partial charge in [0.15, 0.2) is 0 Å². The molecule has 0 saturated heterocycles. The molecule has 4 nitrogen and oxygen atoms in total. The van der Waals surface area contributed by atoms with Crippen LogP contribution in [0.5, 0.6) is 0 Å². The summed E-state index contributed by atoms with van der Waals surface area (Å²) in [5, 5.41) is 2.87. The Bertz CT molecular complexity index is 399. The third-order valence-electron chi connectivity index (χ3n) is 3.21. The molecule has 0 bridgehead atoms. The zero-order valence-corrected chi connectivity index (χ0v) is 12.0. The van der Waals surface area contributed by atoms with E-state index in [4.69, 9.17) is 10.5 Å². The first kappa shape index (κ1) is 15.7. The number of nitrogens with one attached hydrogen (secondary N) is 1. The standard InChI is InChI=1S/C15H24N2O2/c1-15(2,11-16)12-6-8-13(9-7-12)17-14(18)5-4-10-19-3/h6-9H,4-5,10-11,16H2,1-3H3,(H,17,18). The fourth-order valence-electron chi connectivity index (χ4n) is 1.72. The highest BCUT2D eigenvalue weighted by Gasteiger charge is 2.17. The topological polar surface area (TPSA) is 64.3 Å². The van der Waals surface area contributed by atoms with Gasteiger partial charge < -0.3 is 15.8 Å². The van der Waals surface area contributed by atoms with Gasteiger partial charge in [-0.2, -0.15) is 0 Å². The second-order valence-electron chi connectivity index (χ2n) is 5.31. The van der Waals surface area contributed by atoms with Crippen molar-refractivity contribution in [3.63, 3.8) is 0 Å². The first-order chi connectivity index (χ1) is 8.99. The number of nitrogens with two attached hydrogens (primary N) is 1. The minimum Gasteiger partial charge on any atom is -0.385 e. The Labute approximate surface area is 115 Å². The van der Waals surface area contributed by atoms with Crippen molar-refractivity contribution < 1.29 is 9.53 Å². The molecular weight excluding hydrogens is 240 g/mol. The number of methoxy groups -OCH3 is 1. The van der Waals surface area contributed by atoms with E-state index < -0.39 is 0 Å². The Morgan fingerprint density at radius 2 is 1.95 bits per heavy atom. The molecule has 19 heavy (non-hydrogen) atoms. The average Bonchev–Trinajstić information content (AvgIpc) is 2.39. The second-order valence-corrected chi connectivity index (χ2v) is 5.31. The third kappa shape index (κ3) is 5.01. The van der Waals surface area contributed by atoms with E-state index in [0.717, 1.165) is 12.1 Å². The van der Waals surface area contributed by atoms with Crippen LogP contribution in [0.3, 0.4) is 0 Å². The van der Waals surface area contributed by atoms with Gasteiger partial charge in [-0.05, 0) is 24.1 Å². The van der Waals surface area contributed by atoms with Gasteiger partial charge in [-0.25, -0.2) is 0 Å². The lowest BCUT2D eigenvalue weighted by Gasteiger charge is -2.23. The maximum atomic E-state index is 11.6. The van der Waals surface area contributed by atoms with Gasteiger partial charge in [0.1, 0.15) is 0 Å². The fraction of sp³-hybridized carbons (Fsp3) is 0.533. The van der Waals surface area contributed by atoms with Gasteiger partial charge in [0.05, 0.1) is 0 Å². The van der Waals surface area contributed by atoms with Gasteiger partial charge in [-0.3, -0.25) is 4.79 Å². The number of carbonyl (C=O) groups excluding carboxylic acids is 1. The van der Waals surface area contributed by atoms with E-state index in [1.807, 2.05) is 24.3 Å². The van der Waals surface area contributed by atoms with Crippen molar-refractivity contribution in [3.8, 4) is 0 Å². The van der Waals surface area contributed by atoms with E-state index in [0.29, 0.717) is 19.6 Å². The molecule has 0 radical (unpaired) electrons. The summed E-state index contributed by atoms with van der Waals surface area (Å²) in [6.45, 7) is 5.41. The fourth-order valence-corrected chi connectivity index (χ4v) is 1.72. The zero-order valence-electron chi connectivity index (χ0n) is 12.0. The van der Waals surface area contributed by atoms with Gasteiger partial charge >= 0.3 is 0 Å². The van der Waals surface area contributed by atoms with E-state index in [2.05, 4.69) is 19.2 Å². The van der Waals surface area contributed by atoms with Crippen LogP contribution in [0.1, 0.15) is 32.3 Å². The Morgan fingerprint density at radius 1 is 1.32 bits per heavy atom. The Kier molecular flexibility index (Phi) is 5.99. The molecule has 106 valence electrons. The van der Waals surface area contributed by atoms with Gasteiger partial charge in [-0.1, -0.05) is 26.0 Å². The molecule has 1 rings (SSSR count). The summed E-state index contributed by atoms with van der Waals surface area (Å²) < 4.78 is 4.92. The maximum Gasteiger partial charge on any atom is 0.224 e. The number of carbonyl (C=O) groups is 1. The van der Waals surface area contributed by atoms with Crippen LogP contribution in [-0.4, -0.2) is 26.2 Å². The molecule has 0 aliphatic heterocycles. The number of hydrogen-bond donors (Lipinski definition) is 2. The van der Waals surface area contributed by atoms with Crippen LogP contribution in [-0.2, 0) is 14.9 Å². The molecule has 4 heteroatoms. The van der Waals surface area contributed by atoms with Gasteiger partial charge in [0.25, 0.3) is 0 Å². The van der Waals surface area contributed by atoms with Crippen LogP contribution >= 0.6 is 0 Å². The van der Waals surface area contributed by atoms with Crippen molar-refractivity contribution >= 4 is 11.6 Å². The molecule has 0 saturated carbocycles. The Morgan fingerprint density at radius 3 is 2.47 bits per heavy atom. The minimum atomic E-state index is -0.0407. The van der Waals surface area contributed by atoms with Crippen molar-refractivity contribution in [1.29, 1.82) is 0 Å². The van der Waals surface area contributed by atoms with Gasteiger partial charge in [0, 0.05) is 37.8 Å². The van der Waals surface area contributed by atoms with Crippen molar-refractivity contribution in [3.05, 3.63) is 29.8 Å². The minimum absolute atomic E-state index is 0.0166. The predicted molar refractivity (Wildman–Crippen MR) is 78.3 cm³/mol. The van der Waals surface area contributed by atoms with E-state index >= 15 is 0 Å². The smallest absolute Gasteiger partial charge is 0.224 e. The molecule has 3 N–H and O–H groups in total. The van der Waals surface area contributed by atoms with E-state index in [1.54, 1.807) is 7.11 Å². The van der Waals surface area contributed by atoms with E-state index in [-0.39, 0.29) is 11.3 Å². The molecule has 1 amide bonds. The molecule has 0 aliphatic carbocycles. The lowest BCUT2D eigenvalue weighted by molar-refractivity contribution is -0.116. The van der Waals surface area contributed by atoms with Crippen LogP contribution in [0.25, 0.3) is 0 Å². The Hall–Kier alpha value is -1.39. The molecule has 0 aliphatic rings. The van der Waals surface area contributed by atoms with Crippen molar-refractivity contribution in [2.45, 2.75) is 32.1 Å². The second kappa shape index (κ2) is 7.26. The highest BCUT2D eigenvalue weighted by molar-refractivity contribution is 5.90. The molecular formula is C15H24N2O2. The summed E-state index contributed by atoms with van der Waals surface area (Å²) in [5.74, 6) is 0.0166. The maximum absolute atomic E-state index is 11.6. The predicted octanol–water partition coefficient (Wildman–Crippen LogP) is 2.29. The molecule has 0 fully saturated rings. The number of ether oxygens (including phenoxy) is 1. The van der Waals surface area contributed by atoms with Crippen molar-refractivity contribution in [1.82, 2.24) is 0 Å². The van der Waals surface area contributed by atoms with E-state index in [1.165, 1.54) is 5.56 Å². The first-order valence-corrected chi connectivity index (χ1v) is 6.59. The highest BCUT2D eigenvalue weighted by Crippen LogP contribution is 2.23. The molecule has 0 aromatic heterocycles. The van der Waals surface area contributed by atoms with Crippen LogP contribution in [0.15, 0.2) is 24.3 Å². The summed E-state index contributed by atoms with van der Waals surface area (Å²) >= 11 is 0. The Balaban J connectivity index is 2.55. The van der Waals surface area contributed by atoms with E-state index in [9.17, 15) is 4.79 Å². The summed E-state index contributed by atoms with van der Waals surface area (Å²) in [7, 11) is 1.63. The van der Waals surface area contributed by atoms with Crippen molar-refractivity contribution in [2.75, 3.05) is 25.6 Å². The number of rotatable bonds is 7. The quantitative estimate of drug-likeness (QED) is 0.743. The average molecular weight is 264 g/mol. The SMILES string of the molecule is COCCCC(=O)Nc1ccc(C(C)(C)CN)cc1. The third-order valence-corrected chi connectivity index (χ3v) is 3.21. The highest BCUT2D eigenvalue weighted by atomic mass is 16.5. The summed E-state index contributed by atoms with van der Waals surface area (Å²) in [6, 6.07) is 7.86. The molecule has 0 heterocycles. The summed E-state index contributed by atoms with van der Waals surface area (Å²) in [4.78, 5) is 11.6. The van der Waals surface area contributed by atoms with Crippen molar-refractivity contribution in [2.24, 2.45) is 5.73 Å². The number of anilines is 1. The zero-order chi connectivity index (χ0) is 14.3. The van der Waals surface area contributed by atoms with Crippen LogP contribution in [0, 0.1) is 0 Å². The van der Waals surface area contributed by atoms with Crippen LogP contribution in [0.4, 0.5) is 5.69 Å². The summed E-state index contributed by atoms with van der Waals surface area (Å²) in [6.07, 6.45) is 1.21. The van der Waals surface area contributed by atoms with Gasteiger partial charge in [0.2, 0.25) is 5.91 Å². The molecule has 1 aromatic rings. The molecule has 0 unspecified atom stereocenters.